The van der Waals surface area contributed by atoms with Crippen molar-refractivity contribution in [3.8, 4) is 11.5 Å². The highest BCUT2D eigenvalue weighted by Gasteiger charge is 2.21. The summed E-state index contributed by atoms with van der Waals surface area (Å²) in [6.45, 7) is 1.14. The molecule has 0 fully saturated rings. The van der Waals surface area contributed by atoms with E-state index in [-0.39, 0.29) is 6.04 Å². The van der Waals surface area contributed by atoms with E-state index in [1.807, 2.05) is 42.5 Å². The molecule has 0 saturated carbocycles. The molecule has 5 heteroatoms. The second-order valence-corrected chi connectivity index (χ2v) is 5.36. The van der Waals surface area contributed by atoms with Gasteiger partial charge in [0, 0.05) is 10.6 Å². The zero-order valence-electron chi connectivity index (χ0n) is 11.5. The van der Waals surface area contributed by atoms with E-state index < -0.39 is 0 Å². The standard InChI is InChI=1S/C16H17ClN2O2/c17-12-6-4-11(5-7-12)10-14(19-18)13-2-1-3-15-16(13)21-9-8-20-15/h1-7,14,19H,8-10,18H2. The van der Waals surface area contributed by atoms with Crippen molar-refractivity contribution in [1.82, 2.24) is 5.43 Å². The van der Waals surface area contributed by atoms with Crippen molar-refractivity contribution in [2.75, 3.05) is 13.2 Å². The molecule has 1 unspecified atom stereocenters. The summed E-state index contributed by atoms with van der Waals surface area (Å²) in [6.07, 6.45) is 0.744. The Kier molecular flexibility index (Phi) is 4.29. The van der Waals surface area contributed by atoms with Gasteiger partial charge in [-0.3, -0.25) is 11.3 Å². The summed E-state index contributed by atoms with van der Waals surface area (Å²) in [6, 6.07) is 13.6. The number of para-hydroxylation sites is 1. The molecular weight excluding hydrogens is 288 g/mol. The van der Waals surface area contributed by atoms with Crippen LogP contribution in [0, 0.1) is 0 Å². The smallest absolute Gasteiger partial charge is 0.166 e. The second kappa shape index (κ2) is 6.35. The zero-order valence-corrected chi connectivity index (χ0v) is 12.3. The van der Waals surface area contributed by atoms with Gasteiger partial charge in [-0.15, -0.1) is 0 Å². The van der Waals surface area contributed by atoms with Crippen LogP contribution in [0.4, 0.5) is 0 Å². The highest BCUT2D eigenvalue weighted by molar-refractivity contribution is 6.30. The number of fused-ring (bicyclic) bond motifs is 1. The summed E-state index contributed by atoms with van der Waals surface area (Å²) < 4.78 is 11.4. The van der Waals surface area contributed by atoms with Crippen molar-refractivity contribution in [1.29, 1.82) is 0 Å². The van der Waals surface area contributed by atoms with E-state index in [1.165, 1.54) is 0 Å². The van der Waals surface area contributed by atoms with Crippen LogP contribution < -0.4 is 20.7 Å². The predicted octanol–water partition coefficient (Wildman–Crippen LogP) is 2.86. The molecule has 2 aromatic carbocycles. The molecule has 0 saturated heterocycles. The average Bonchev–Trinajstić information content (AvgIpc) is 2.54. The average molecular weight is 305 g/mol. The van der Waals surface area contributed by atoms with E-state index in [4.69, 9.17) is 26.9 Å². The van der Waals surface area contributed by atoms with Gasteiger partial charge in [0.15, 0.2) is 11.5 Å². The Morgan fingerprint density at radius 3 is 2.62 bits per heavy atom. The van der Waals surface area contributed by atoms with Gasteiger partial charge in [-0.25, -0.2) is 0 Å². The van der Waals surface area contributed by atoms with E-state index in [1.54, 1.807) is 0 Å². The fourth-order valence-corrected chi connectivity index (χ4v) is 2.61. The lowest BCUT2D eigenvalue weighted by Gasteiger charge is -2.25. The van der Waals surface area contributed by atoms with Crippen LogP contribution in [-0.4, -0.2) is 13.2 Å². The number of halogens is 1. The number of hydrogen-bond donors (Lipinski definition) is 2. The normalized spacial score (nSPS) is 14.8. The molecular formula is C16H17ClN2O2. The summed E-state index contributed by atoms with van der Waals surface area (Å²) in [7, 11) is 0. The third-order valence-corrected chi connectivity index (χ3v) is 3.78. The van der Waals surface area contributed by atoms with Crippen LogP contribution in [0.25, 0.3) is 0 Å². The first-order valence-corrected chi connectivity index (χ1v) is 7.25. The summed E-state index contributed by atoms with van der Waals surface area (Å²) in [5.41, 5.74) is 5.02. The molecule has 0 aliphatic carbocycles. The van der Waals surface area contributed by atoms with Crippen LogP contribution >= 0.6 is 11.6 Å². The van der Waals surface area contributed by atoms with Crippen molar-refractivity contribution in [3.05, 3.63) is 58.6 Å². The van der Waals surface area contributed by atoms with E-state index in [9.17, 15) is 0 Å². The molecule has 4 nitrogen and oxygen atoms in total. The fourth-order valence-electron chi connectivity index (χ4n) is 2.49. The van der Waals surface area contributed by atoms with Gasteiger partial charge >= 0.3 is 0 Å². The molecule has 1 heterocycles. The maximum atomic E-state index is 5.92. The number of hydrazine groups is 1. The number of nitrogens with one attached hydrogen (secondary N) is 1. The molecule has 1 atom stereocenters. The van der Waals surface area contributed by atoms with Crippen molar-refractivity contribution in [2.24, 2.45) is 5.84 Å². The largest absolute Gasteiger partial charge is 0.486 e. The molecule has 0 radical (unpaired) electrons. The van der Waals surface area contributed by atoms with Crippen LogP contribution in [0.2, 0.25) is 5.02 Å². The third-order valence-electron chi connectivity index (χ3n) is 3.53. The van der Waals surface area contributed by atoms with Gasteiger partial charge in [0.2, 0.25) is 0 Å². The highest BCUT2D eigenvalue weighted by atomic mass is 35.5. The fraction of sp³-hybridized carbons (Fsp3) is 0.250. The zero-order chi connectivity index (χ0) is 14.7. The molecule has 110 valence electrons. The van der Waals surface area contributed by atoms with Crippen LogP contribution in [-0.2, 0) is 6.42 Å². The van der Waals surface area contributed by atoms with E-state index in [2.05, 4.69) is 5.43 Å². The summed E-state index contributed by atoms with van der Waals surface area (Å²) in [5, 5.41) is 0.727. The molecule has 0 bridgehead atoms. The minimum atomic E-state index is -0.0529. The monoisotopic (exact) mass is 304 g/mol. The molecule has 3 rings (SSSR count). The Balaban J connectivity index is 1.88. The lowest BCUT2D eigenvalue weighted by Crippen LogP contribution is -2.30. The van der Waals surface area contributed by atoms with Gasteiger partial charge in [-0.05, 0) is 30.2 Å². The Morgan fingerprint density at radius 2 is 1.86 bits per heavy atom. The summed E-state index contributed by atoms with van der Waals surface area (Å²) in [5.74, 6) is 7.29. The second-order valence-electron chi connectivity index (χ2n) is 4.92. The van der Waals surface area contributed by atoms with Gasteiger partial charge in [-0.2, -0.15) is 0 Å². The van der Waals surface area contributed by atoms with Crippen molar-refractivity contribution < 1.29 is 9.47 Å². The maximum absolute atomic E-state index is 5.92. The number of rotatable bonds is 4. The highest BCUT2D eigenvalue weighted by Crippen LogP contribution is 2.37. The molecule has 2 aromatic rings. The summed E-state index contributed by atoms with van der Waals surface area (Å²) >= 11 is 5.92. The maximum Gasteiger partial charge on any atom is 0.166 e. The minimum absolute atomic E-state index is 0.0529. The van der Waals surface area contributed by atoms with Gasteiger partial charge in [0.25, 0.3) is 0 Å². The molecule has 0 spiro atoms. The number of nitrogens with two attached hydrogens (primary N) is 1. The minimum Gasteiger partial charge on any atom is -0.486 e. The first-order valence-electron chi connectivity index (χ1n) is 6.87. The van der Waals surface area contributed by atoms with E-state index in [0.29, 0.717) is 13.2 Å². The lowest BCUT2D eigenvalue weighted by molar-refractivity contribution is 0.168. The molecule has 1 aliphatic rings. The third kappa shape index (κ3) is 3.13. The molecule has 0 aromatic heterocycles. The van der Waals surface area contributed by atoms with Gasteiger partial charge in [0.1, 0.15) is 13.2 Å². The Hall–Kier alpha value is -1.75. The Bertz CT molecular complexity index is 616. The first-order chi connectivity index (χ1) is 10.3. The number of ether oxygens (including phenoxy) is 2. The Morgan fingerprint density at radius 1 is 1.10 bits per heavy atom. The number of benzene rings is 2. The Labute approximate surface area is 128 Å². The van der Waals surface area contributed by atoms with Gasteiger partial charge in [-0.1, -0.05) is 35.9 Å². The molecule has 1 aliphatic heterocycles. The number of hydrogen-bond acceptors (Lipinski definition) is 4. The van der Waals surface area contributed by atoms with Crippen LogP contribution in [0.15, 0.2) is 42.5 Å². The van der Waals surface area contributed by atoms with Crippen LogP contribution in [0.3, 0.4) is 0 Å². The van der Waals surface area contributed by atoms with Crippen LogP contribution in [0.5, 0.6) is 11.5 Å². The van der Waals surface area contributed by atoms with Crippen molar-refractivity contribution in [2.45, 2.75) is 12.5 Å². The van der Waals surface area contributed by atoms with Crippen molar-refractivity contribution in [3.63, 3.8) is 0 Å². The molecule has 0 amide bonds. The van der Waals surface area contributed by atoms with Crippen molar-refractivity contribution >= 4 is 11.6 Å². The molecule has 21 heavy (non-hydrogen) atoms. The summed E-state index contributed by atoms with van der Waals surface area (Å²) in [4.78, 5) is 0. The predicted molar refractivity (Wildman–Crippen MR) is 82.7 cm³/mol. The topological polar surface area (TPSA) is 56.5 Å². The van der Waals surface area contributed by atoms with E-state index in [0.717, 1.165) is 34.1 Å². The van der Waals surface area contributed by atoms with Gasteiger partial charge < -0.3 is 9.47 Å². The lowest BCUT2D eigenvalue weighted by atomic mass is 9.98. The SMILES string of the molecule is NNC(Cc1ccc(Cl)cc1)c1cccc2c1OCCO2. The quantitative estimate of drug-likeness (QED) is 0.673. The van der Waals surface area contributed by atoms with E-state index >= 15 is 0 Å². The van der Waals surface area contributed by atoms with Gasteiger partial charge in [0.05, 0.1) is 6.04 Å². The van der Waals surface area contributed by atoms with Crippen LogP contribution in [0.1, 0.15) is 17.2 Å². The molecule has 3 N–H and O–H groups in total. The first kappa shape index (κ1) is 14.2.